The van der Waals surface area contributed by atoms with E-state index in [1.54, 1.807) is 30.5 Å². The second-order valence-corrected chi connectivity index (χ2v) is 7.42. The average molecular weight is 434 g/mol. The van der Waals surface area contributed by atoms with Crippen molar-refractivity contribution in [2.75, 3.05) is 0 Å². The molecule has 0 radical (unpaired) electrons. The fourth-order valence-electron chi connectivity index (χ4n) is 2.31. The quantitative estimate of drug-likeness (QED) is 0.335. The Balaban J connectivity index is 1.31. The lowest BCUT2D eigenvalue weighted by Crippen LogP contribution is -1.95. The van der Waals surface area contributed by atoms with E-state index in [1.165, 1.54) is 11.8 Å². The summed E-state index contributed by atoms with van der Waals surface area (Å²) in [5.74, 6) is 2.72. The molecule has 28 heavy (non-hydrogen) atoms. The van der Waals surface area contributed by atoms with Gasteiger partial charge in [0.15, 0.2) is 12.4 Å². The van der Waals surface area contributed by atoms with Crippen LogP contribution < -0.4 is 4.74 Å². The summed E-state index contributed by atoms with van der Waals surface area (Å²) in [4.78, 5) is 4.27. The van der Waals surface area contributed by atoms with Crippen LogP contribution in [-0.2, 0) is 12.4 Å². The van der Waals surface area contributed by atoms with E-state index in [9.17, 15) is 0 Å². The van der Waals surface area contributed by atoms with E-state index in [0.717, 1.165) is 5.56 Å². The molecule has 0 unspecified atom stereocenters. The number of nitrogens with zero attached hydrogens (tertiary/aromatic N) is 3. The van der Waals surface area contributed by atoms with Crippen molar-refractivity contribution in [3.63, 3.8) is 0 Å². The van der Waals surface area contributed by atoms with Crippen LogP contribution in [-0.4, -0.2) is 15.2 Å². The zero-order chi connectivity index (χ0) is 19.3. The van der Waals surface area contributed by atoms with Gasteiger partial charge in [-0.1, -0.05) is 47.1 Å². The molecule has 2 aromatic carbocycles. The van der Waals surface area contributed by atoms with Gasteiger partial charge in [0.1, 0.15) is 5.75 Å². The number of aromatic nitrogens is 3. The van der Waals surface area contributed by atoms with Crippen LogP contribution in [0.3, 0.4) is 0 Å². The van der Waals surface area contributed by atoms with Crippen molar-refractivity contribution in [2.45, 2.75) is 17.6 Å². The van der Waals surface area contributed by atoms with Crippen molar-refractivity contribution in [1.82, 2.24) is 15.2 Å². The van der Waals surface area contributed by atoms with Gasteiger partial charge >= 0.3 is 0 Å². The van der Waals surface area contributed by atoms with Gasteiger partial charge in [-0.25, -0.2) is 4.98 Å². The van der Waals surface area contributed by atoms with E-state index in [1.807, 2.05) is 24.3 Å². The molecule has 0 bridgehead atoms. The van der Waals surface area contributed by atoms with Crippen LogP contribution in [0.25, 0.3) is 11.3 Å². The highest BCUT2D eigenvalue weighted by atomic mass is 35.5. The normalized spacial score (nSPS) is 10.9. The lowest BCUT2D eigenvalue weighted by Gasteiger charge is -2.02. The molecule has 0 amide bonds. The number of halogens is 2. The van der Waals surface area contributed by atoms with Crippen LogP contribution in [0.4, 0.5) is 0 Å². The molecule has 0 N–H and O–H groups in total. The van der Waals surface area contributed by atoms with Crippen molar-refractivity contribution >= 4 is 35.0 Å². The summed E-state index contributed by atoms with van der Waals surface area (Å²) in [5, 5.41) is 9.67. The topological polar surface area (TPSA) is 74.2 Å². The van der Waals surface area contributed by atoms with E-state index in [4.69, 9.17) is 36.8 Å². The Labute approximate surface area is 174 Å². The third-order valence-electron chi connectivity index (χ3n) is 3.61. The van der Waals surface area contributed by atoms with Gasteiger partial charge in [-0.15, -0.1) is 10.2 Å². The first-order valence-corrected chi connectivity index (χ1v) is 9.94. The number of rotatable bonds is 7. The first-order valence-electron chi connectivity index (χ1n) is 8.20. The molecule has 4 aromatic rings. The molecule has 2 aromatic heterocycles. The Hall–Kier alpha value is -2.48. The van der Waals surface area contributed by atoms with Gasteiger partial charge in [0.2, 0.25) is 5.89 Å². The summed E-state index contributed by atoms with van der Waals surface area (Å²) in [5.41, 5.74) is 0.871. The highest BCUT2D eigenvalue weighted by Crippen LogP contribution is 2.27. The lowest BCUT2D eigenvalue weighted by molar-refractivity contribution is 0.252. The number of hydrogen-bond donors (Lipinski definition) is 0. The van der Waals surface area contributed by atoms with Crippen LogP contribution >= 0.6 is 35.0 Å². The van der Waals surface area contributed by atoms with Crippen LogP contribution in [0.5, 0.6) is 5.75 Å². The maximum absolute atomic E-state index is 6.01. The Morgan fingerprint density at radius 2 is 1.79 bits per heavy atom. The number of ether oxygens (including phenoxy) is 1. The fraction of sp³-hybridized carbons (Fsp3) is 0.105. The minimum Gasteiger partial charge on any atom is -0.484 e. The summed E-state index contributed by atoms with van der Waals surface area (Å²) in [6.07, 6.45) is 1.67. The van der Waals surface area contributed by atoms with E-state index in [2.05, 4.69) is 15.2 Å². The highest BCUT2D eigenvalue weighted by molar-refractivity contribution is 7.98. The first kappa shape index (κ1) is 18.9. The van der Waals surface area contributed by atoms with E-state index < -0.39 is 0 Å². The molecule has 0 saturated heterocycles. The number of hydrogen-bond acceptors (Lipinski definition) is 7. The van der Waals surface area contributed by atoms with Gasteiger partial charge in [-0.3, -0.25) is 0 Å². The molecule has 0 atom stereocenters. The molecular weight excluding hydrogens is 421 g/mol. The standard InChI is InChI=1S/C19H13Cl2N3O3S/c20-13-4-6-15(7-5-13)25-10-17-23-24-19(27-17)28-11-18-22-9-16(26-18)12-2-1-3-14(21)8-12/h1-9H,10-11H2. The van der Waals surface area contributed by atoms with Crippen LogP contribution in [0.2, 0.25) is 10.0 Å². The van der Waals surface area contributed by atoms with Gasteiger partial charge < -0.3 is 13.6 Å². The number of oxazole rings is 1. The van der Waals surface area contributed by atoms with E-state index in [0.29, 0.717) is 44.3 Å². The Bertz CT molecular complexity index is 1070. The second-order valence-electron chi connectivity index (χ2n) is 5.62. The summed E-state index contributed by atoms with van der Waals surface area (Å²) in [7, 11) is 0. The minimum absolute atomic E-state index is 0.174. The van der Waals surface area contributed by atoms with Gasteiger partial charge in [0, 0.05) is 15.6 Å². The van der Waals surface area contributed by atoms with Gasteiger partial charge in [-0.2, -0.15) is 0 Å². The van der Waals surface area contributed by atoms with Crippen molar-refractivity contribution in [2.24, 2.45) is 0 Å². The molecule has 0 spiro atoms. The summed E-state index contributed by atoms with van der Waals surface area (Å²) in [6.45, 7) is 0.174. The van der Waals surface area contributed by atoms with E-state index in [-0.39, 0.29) is 6.61 Å². The Morgan fingerprint density at radius 1 is 0.929 bits per heavy atom. The van der Waals surface area contributed by atoms with Gasteiger partial charge in [0.05, 0.1) is 11.9 Å². The summed E-state index contributed by atoms with van der Waals surface area (Å²) in [6, 6.07) is 14.4. The Morgan fingerprint density at radius 3 is 2.61 bits per heavy atom. The average Bonchev–Trinajstić information content (AvgIpc) is 3.35. The van der Waals surface area contributed by atoms with Crippen molar-refractivity contribution in [3.8, 4) is 17.1 Å². The SMILES string of the molecule is Clc1ccc(OCc2nnc(SCc3ncc(-c4cccc(Cl)c4)o3)o2)cc1. The number of benzene rings is 2. The van der Waals surface area contributed by atoms with Crippen molar-refractivity contribution < 1.29 is 13.6 Å². The fourth-order valence-corrected chi connectivity index (χ4v) is 3.26. The van der Waals surface area contributed by atoms with Crippen LogP contribution in [0.15, 0.2) is 68.8 Å². The van der Waals surface area contributed by atoms with Crippen molar-refractivity contribution in [1.29, 1.82) is 0 Å². The minimum atomic E-state index is 0.174. The molecule has 0 saturated carbocycles. The van der Waals surface area contributed by atoms with E-state index >= 15 is 0 Å². The largest absolute Gasteiger partial charge is 0.484 e. The predicted molar refractivity (Wildman–Crippen MR) is 107 cm³/mol. The molecule has 0 aliphatic heterocycles. The Kier molecular flexibility index (Phi) is 5.85. The molecule has 6 nitrogen and oxygen atoms in total. The van der Waals surface area contributed by atoms with Gasteiger partial charge in [0.25, 0.3) is 11.1 Å². The molecule has 142 valence electrons. The summed E-state index contributed by atoms with van der Waals surface area (Å²) >= 11 is 13.2. The molecular formula is C19H13Cl2N3O3S. The van der Waals surface area contributed by atoms with Crippen LogP contribution in [0.1, 0.15) is 11.8 Å². The monoisotopic (exact) mass is 433 g/mol. The van der Waals surface area contributed by atoms with Crippen molar-refractivity contribution in [3.05, 3.63) is 76.6 Å². The second kappa shape index (κ2) is 8.68. The lowest BCUT2D eigenvalue weighted by atomic mass is 10.2. The predicted octanol–water partition coefficient (Wildman–Crippen LogP) is 5.90. The number of thioether (sulfide) groups is 1. The molecule has 4 rings (SSSR count). The maximum atomic E-state index is 6.01. The van der Waals surface area contributed by atoms with Gasteiger partial charge in [-0.05, 0) is 36.4 Å². The van der Waals surface area contributed by atoms with Crippen LogP contribution in [0, 0.1) is 0 Å². The molecule has 0 fully saturated rings. The zero-order valence-corrected chi connectivity index (χ0v) is 16.7. The highest BCUT2D eigenvalue weighted by Gasteiger charge is 2.11. The molecule has 2 heterocycles. The third-order valence-corrected chi connectivity index (χ3v) is 4.90. The third kappa shape index (κ3) is 4.86. The smallest absolute Gasteiger partial charge is 0.277 e. The molecule has 9 heteroatoms. The maximum Gasteiger partial charge on any atom is 0.277 e. The molecule has 0 aliphatic rings. The first-order chi connectivity index (χ1) is 13.7. The summed E-state index contributed by atoms with van der Waals surface area (Å²) < 4.78 is 16.9. The zero-order valence-electron chi connectivity index (χ0n) is 14.3. The molecule has 0 aliphatic carbocycles.